The maximum absolute atomic E-state index is 12.4. The van der Waals surface area contributed by atoms with Crippen LogP contribution in [0.15, 0.2) is 53.6 Å². The van der Waals surface area contributed by atoms with Gasteiger partial charge >= 0.3 is 0 Å². The summed E-state index contributed by atoms with van der Waals surface area (Å²) in [5.41, 5.74) is 1.73. The lowest BCUT2D eigenvalue weighted by Gasteiger charge is -2.11. The highest BCUT2D eigenvalue weighted by Gasteiger charge is 2.17. The van der Waals surface area contributed by atoms with Crippen LogP contribution >= 0.6 is 0 Å². The lowest BCUT2D eigenvalue weighted by molar-refractivity contribution is 0.102. The van der Waals surface area contributed by atoms with E-state index in [-0.39, 0.29) is 22.4 Å². The molecule has 0 atom stereocenters. The van der Waals surface area contributed by atoms with E-state index >= 15 is 0 Å². The maximum atomic E-state index is 12.4. The van der Waals surface area contributed by atoms with Crippen molar-refractivity contribution in [3.8, 4) is 0 Å². The molecule has 2 aromatic carbocycles. The minimum Gasteiger partial charge on any atom is -0.322 e. The first kappa shape index (κ1) is 17.1. The summed E-state index contributed by atoms with van der Waals surface area (Å²) in [6.45, 7) is 3.47. The minimum atomic E-state index is -3.65. The topological polar surface area (TPSA) is 104 Å². The van der Waals surface area contributed by atoms with Gasteiger partial charge in [-0.15, -0.1) is 0 Å². The Morgan fingerprint density at radius 1 is 1.16 bits per heavy atom. The summed E-state index contributed by atoms with van der Waals surface area (Å²) in [4.78, 5) is 12.5. The number of aromatic nitrogens is 2. The van der Waals surface area contributed by atoms with E-state index in [0.717, 1.165) is 10.9 Å². The Morgan fingerprint density at radius 3 is 2.72 bits per heavy atom. The van der Waals surface area contributed by atoms with Gasteiger partial charge in [-0.1, -0.05) is 6.07 Å². The smallest absolute Gasteiger partial charge is 0.255 e. The van der Waals surface area contributed by atoms with Gasteiger partial charge < -0.3 is 5.32 Å². The second kappa shape index (κ2) is 6.66. The first-order valence-corrected chi connectivity index (χ1v) is 9.20. The summed E-state index contributed by atoms with van der Waals surface area (Å²) in [5, 5.41) is 10.4. The average molecular weight is 358 g/mol. The molecule has 3 rings (SSSR count). The van der Waals surface area contributed by atoms with Gasteiger partial charge in [0.1, 0.15) is 0 Å². The van der Waals surface area contributed by atoms with Crippen molar-refractivity contribution in [2.75, 3.05) is 5.32 Å². The van der Waals surface area contributed by atoms with E-state index in [2.05, 4.69) is 20.2 Å². The van der Waals surface area contributed by atoms with Crippen molar-refractivity contribution >= 4 is 32.5 Å². The number of benzene rings is 2. The minimum absolute atomic E-state index is 0.0548. The Balaban J connectivity index is 1.83. The van der Waals surface area contributed by atoms with Gasteiger partial charge in [-0.2, -0.15) is 5.10 Å². The van der Waals surface area contributed by atoms with Crippen molar-refractivity contribution in [2.45, 2.75) is 24.8 Å². The van der Waals surface area contributed by atoms with Crippen LogP contribution in [0.5, 0.6) is 0 Å². The van der Waals surface area contributed by atoms with E-state index in [0.29, 0.717) is 5.69 Å². The molecule has 0 bridgehead atoms. The van der Waals surface area contributed by atoms with Crippen LogP contribution in [-0.2, 0) is 10.0 Å². The standard InChI is InChI=1S/C17H18N4O3S/c1-11(2)21-25(23,24)15-5-3-4-12(9-15)17(22)19-14-6-7-16-13(8-14)10-18-20-16/h3-11,21H,1-2H3,(H,18,20)(H,19,22). The molecule has 0 saturated heterocycles. The van der Waals surface area contributed by atoms with Crippen LogP contribution in [0.25, 0.3) is 10.9 Å². The number of nitrogens with one attached hydrogen (secondary N) is 3. The number of rotatable bonds is 5. The molecular formula is C17H18N4O3S. The molecule has 0 aliphatic carbocycles. The number of nitrogens with zero attached hydrogens (tertiary/aromatic N) is 1. The van der Waals surface area contributed by atoms with Crippen molar-refractivity contribution in [3.63, 3.8) is 0 Å². The summed E-state index contributed by atoms with van der Waals surface area (Å²) in [5.74, 6) is -0.385. The summed E-state index contributed by atoms with van der Waals surface area (Å²) >= 11 is 0. The molecule has 0 fully saturated rings. The number of amides is 1. The summed E-state index contributed by atoms with van der Waals surface area (Å²) in [6, 6.07) is 11.0. The van der Waals surface area contributed by atoms with Gasteiger partial charge in [0.15, 0.2) is 0 Å². The summed E-state index contributed by atoms with van der Waals surface area (Å²) < 4.78 is 27.0. The molecule has 130 valence electrons. The van der Waals surface area contributed by atoms with Crippen LogP contribution in [0.1, 0.15) is 24.2 Å². The molecule has 0 saturated carbocycles. The third-order valence-corrected chi connectivity index (χ3v) is 5.15. The SMILES string of the molecule is CC(C)NS(=O)(=O)c1cccc(C(=O)Nc2ccc3[nH]ncc3c2)c1. The number of hydrogen-bond donors (Lipinski definition) is 3. The molecule has 25 heavy (non-hydrogen) atoms. The Kier molecular flexibility index (Phi) is 4.56. The average Bonchev–Trinajstić information content (AvgIpc) is 3.01. The zero-order valence-electron chi connectivity index (χ0n) is 13.8. The number of H-pyrrole nitrogens is 1. The molecule has 0 spiro atoms. The number of fused-ring (bicyclic) bond motifs is 1. The zero-order valence-corrected chi connectivity index (χ0v) is 14.6. The van der Waals surface area contributed by atoms with Crippen molar-refractivity contribution in [2.24, 2.45) is 0 Å². The number of carbonyl (C=O) groups excluding carboxylic acids is 1. The fraction of sp³-hybridized carbons (Fsp3) is 0.176. The van der Waals surface area contributed by atoms with Crippen LogP contribution in [0.3, 0.4) is 0 Å². The van der Waals surface area contributed by atoms with Gasteiger partial charge in [-0.25, -0.2) is 13.1 Å². The lowest BCUT2D eigenvalue weighted by Crippen LogP contribution is -2.30. The van der Waals surface area contributed by atoms with E-state index < -0.39 is 10.0 Å². The molecular weight excluding hydrogens is 340 g/mol. The fourth-order valence-corrected chi connectivity index (χ4v) is 3.70. The van der Waals surface area contributed by atoms with E-state index in [1.165, 1.54) is 12.1 Å². The number of anilines is 1. The molecule has 3 N–H and O–H groups in total. The van der Waals surface area contributed by atoms with Crippen LogP contribution in [0.4, 0.5) is 5.69 Å². The van der Waals surface area contributed by atoms with Crippen LogP contribution in [0, 0.1) is 0 Å². The molecule has 7 nitrogen and oxygen atoms in total. The Labute approximate surface area is 145 Å². The molecule has 0 aliphatic heterocycles. The van der Waals surface area contributed by atoms with E-state index in [9.17, 15) is 13.2 Å². The lowest BCUT2D eigenvalue weighted by atomic mass is 10.2. The number of hydrogen-bond acceptors (Lipinski definition) is 4. The third kappa shape index (κ3) is 3.86. The predicted molar refractivity (Wildman–Crippen MR) is 95.9 cm³/mol. The zero-order chi connectivity index (χ0) is 18.0. The second-order valence-corrected chi connectivity index (χ2v) is 7.64. The maximum Gasteiger partial charge on any atom is 0.255 e. The van der Waals surface area contributed by atoms with E-state index in [1.54, 1.807) is 44.3 Å². The first-order valence-electron chi connectivity index (χ1n) is 7.72. The van der Waals surface area contributed by atoms with Crippen LogP contribution in [0.2, 0.25) is 0 Å². The summed E-state index contributed by atoms with van der Waals surface area (Å²) in [6.07, 6.45) is 1.66. The molecule has 1 amide bonds. The van der Waals surface area contributed by atoms with Crippen molar-refractivity contribution in [1.29, 1.82) is 0 Å². The van der Waals surface area contributed by atoms with E-state index in [1.807, 2.05) is 6.07 Å². The molecule has 8 heteroatoms. The number of sulfonamides is 1. The van der Waals surface area contributed by atoms with Gasteiger partial charge in [-0.05, 0) is 50.2 Å². The number of aromatic amines is 1. The second-order valence-electron chi connectivity index (χ2n) is 5.93. The Morgan fingerprint density at radius 2 is 1.96 bits per heavy atom. The van der Waals surface area contributed by atoms with Crippen molar-refractivity contribution in [3.05, 3.63) is 54.2 Å². The molecule has 0 radical (unpaired) electrons. The van der Waals surface area contributed by atoms with Gasteiger partial charge in [0.05, 0.1) is 16.6 Å². The monoisotopic (exact) mass is 358 g/mol. The number of carbonyl (C=O) groups is 1. The van der Waals surface area contributed by atoms with Gasteiger partial charge in [0.2, 0.25) is 10.0 Å². The van der Waals surface area contributed by atoms with Gasteiger partial charge in [-0.3, -0.25) is 9.89 Å². The largest absolute Gasteiger partial charge is 0.322 e. The molecule has 1 aromatic heterocycles. The highest BCUT2D eigenvalue weighted by Crippen LogP contribution is 2.18. The highest BCUT2D eigenvalue weighted by atomic mass is 32.2. The van der Waals surface area contributed by atoms with Crippen molar-refractivity contribution < 1.29 is 13.2 Å². The normalized spacial score (nSPS) is 11.8. The highest BCUT2D eigenvalue weighted by molar-refractivity contribution is 7.89. The van der Waals surface area contributed by atoms with Crippen LogP contribution in [-0.4, -0.2) is 30.6 Å². The third-order valence-electron chi connectivity index (χ3n) is 3.50. The Hall–Kier alpha value is -2.71. The molecule has 0 aliphatic rings. The fourth-order valence-electron chi connectivity index (χ4n) is 2.41. The molecule has 1 heterocycles. The first-order chi connectivity index (χ1) is 11.8. The van der Waals surface area contributed by atoms with Crippen molar-refractivity contribution in [1.82, 2.24) is 14.9 Å². The van der Waals surface area contributed by atoms with Crippen LogP contribution < -0.4 is 10.0 Å². The molecule has 3 aromatic rings. The van der Waals surface area contributed by atoms with E-state index in [4.69, 9.17) is 0 Å². The van der Waals surface area contributed by atoms with Gasteiger partial charge in [0.25, 0.3) is 5.91 Å². The quantitative estimate of drug-likeness (QED) is 0.652. The Bertz CT molecular complexity index is 1030. The predicted octanol–water partition coefficient (Wildman–Crippen LogP) is 2.50. The summed E-state index contributed by atoms with van der Waals surface area (Å²) in [7, 11) is -3.65. The van der Waals surface area contributed by atoms with Gasteiger partial charge in [0, 0.05) is 22.7 Å². The molecule has 0 unspecified atom stereocenters.